The van der Waals surface area contributed by atoms with Gasteiger partial charge in [0.2, 0.25) is 0 Å². The molecule has 0 aromatic heterocycles. The number of rotatable bonds is 5. The molecule has 2 aliphatic rings. The summed E-state index contributed by atoms with van der Waals surface area (Å²) >= 11 is 0. The molecule has 3 nitrogen and oxygen atoms in total. The summed E-state index contributed by atoms with van der Waals surface area (Å²) in [6, 6.07) is 0.317. The molecule has 0 aliphatic heterocycles. The lowest BCUT2D eigenvalue weighted by molar-refractivity contribution is 0.0558. The molecule has 0 aromatic carbocycles. The summed E-state index contributed by atoms with van der Waals surface area (Å²) in [5.74, 6) is 0. The number of hydrogen-bond donors (Lipinski definition) is 2. The van der Waals surface area contributed by atoms with Crippen LogP contribution in [0.25, 0.3) is 0 Å². The van der Waals surface area contributed by atoms with E-state index < -0.39 is 0 Å². The zero-order chi connectivity index (χ0) is 10.5. The molecule has 0 aromatic rings. The van der Waals surface area contributed by atoms with Crippen molar-refractivity contribution in [2.45, 2.75) is 63.2 Å². The maximum atomic E-state index is 9.60. The van der Waals surface area contributed by atoms with Gasteiger partial charge in [-0.25, -0.2) is 0 Å². The molecule has 2 aliphatic carbocycles. The summed E-state index contributed by atoms with van der Waals surface area (Å²) in [5, 5.41) is 13.0. The molecule has 2 atom stereocenters. The largest absolute Gasteiger partial charge is 0.392 e. The van der Waals surface area contributed by atoms with Gasteiger partial charge in [-0.2, -0.15) is 0 Å². The summed E-state index contributed by atoms with van der Waals surface area (Å²) in [4.78, 5) is 0. The SMILES string of the molecule is O[C@H]1CCC[C@@H]1NCCOC1CCCC1. The van der Waals surface area contributed by atoms with Crippen LogP contribution < -0.4 is 5.32 Å². The predicted molar refractivity (Wildman–Crippen MR) is 59.9 cm³/mol. The number of ether oxygens (including phenoxy) is 1. The summed E-state index contributed by atoms with van der Waals surface area (Å²) in [6.07, 6.45) is 8.77. The van der Waals surface area contributed by atoms with Gasteiger partial charge in [0.15, 0.2) is 0 Å². The Balaban J connectivity index is 1.51. The second-order valence-electron chi connectivity index (χ2n) is 4.84. The minimum atomic E-state index is -0.128. The molecule has 0 saturated heterocycles. The zero-order valence-electron chi connectivity index (χ0n) is 9.45. The first-order valence-electron chi connectivity index (χ1n) is 6.39. The molecule has 2 fully saturated rings. The highest BCUT2D eigenvalue weighted by Gasteiger charge is 2.24. The molecule has 0 heterocycles. The summed E-state index contributed by atoms with van der Waals surface area (Å²) in [6.45, 7) is 1.69. The van der Waals surface area contributed by atoms with Crippen LogP contribution in [0, 0.1) is 0 Å². The van der Waals surface area contributed by atoms with Crippen molar-refractivity contribution >= 4 is 0 Å². The van der Waals surface area contributed by atoms with Crippen LogP contribution in [0.2, 0.25) is 0 Å². The molecule has 88 valence electrons. The van der Waals surface area contributed by atoms with E-state index in [1.165, 1.54) is 25.7 Å². The Hall–Kier alpha value is -0.120. The van der Waals surface area contributed by atoms with Crippen LogP contribution in [0.15, 0.2) is 0 Å². The molecular formula is C12H23NO2. The molecule has 2 N–H and O–H groups in total. The van der Waals surface area contributed by atoms with Crippen molar-refractivity contribution in [2.24, 2.45) is 0 Å². The van der Waals surface area contributed by atoms with E-state index in [4.69, 9.17) is 4.74 Å². The zero-order valence-corrected chi connectivity index (χ0v) is 9.45. The van der Waals surface area contributed by atoms with Crippen molar-refractivity contribution in [1.29, 1.82) is 0 Å². The van der Waals surface area contributed by atoms with Gasteiger partial charge >= 0.3 is 0 Å². The second-order valence-corrected chi connectivity index (χ2v) is 4.84. The first kappa shape index (κ1) is 11.4. The Morgan fingerprint density at radius 3 is 2.53 bits per heavy atom. The van der Waals surface area contributed by atoms with Gasteiger partial charge < -0.3 is 15.2 Å². The molecule has 0 radical (unpaired) electrons. The Morgan fingerprint density at radius 1 is 1.07 bits per heavy atom. The highest BCUT2D eigenvalue weighted by molar-refractivity contribution is 4.82. The molecule has 0 amide bonds. The van der Waals surface area contributed by atoms with Crippen LogP contribution in [-0.2, 0) is 4.74 Å². The normalized spacial score (nSPS) is 32.6. The first-order valence-corrected chi connectivity index (χ1v) is 6.39. The maximum absolute atomic E-state index is 9.60. The second kappa shape index (κ2) is 5.83. The standard InChI is InChI=1S/C12H23NO2/c14-12-7-3-6-11(12)13-8-9-15-10-4-1-2-5-10/h10-14H,1-9H2/t11-,12-/m0/s1. The van der Waals surface area contributed by atoms with Crippen LogP contribution >= 0.6 is 0 Å². The van der Waals surface area contributed by atoms with Gasteiger partial charge in [-0.15, -0.1) is 0 Å². The molecule has 2 rings (SSSR count). The van der Waals surface area contributed by atoms with E-state index in [9.17, 15) is 5.11 Å². The fourth-order valence-corrected chi connectivity index (χ4v) is 2.70. The molecule has 2 saturated carbocycles. The topological polar surface area (TPSA) is 41.5 Å². The van der Waals surface area contributed by atoms with Gasteiger partial charge in [-0.05, 0) is 32.1 Å². The quantitative estimate of drug-likeness (QED) is 0.679. The van der Waals surface area contributed by atoms with E-state index in [1.54, 1.807) is 0 Å². The molecule has 0 spiro atoms. The van der Waals surface area contributed by atoms with E-state index in [1.807, 2.05) is 0 Å². The first-order chi connectivity index (χ1) is 7.36. The Bertz CT molecular complexity index is 180. The number of hydrogen-bond acceptors (Lipinski definition) is 3. The van der Waals surface area contributed by atoms with Crippen molar-refractivity contribution in [2.75, 3.05) is 13.2 Å². The fourth-order valence-electron chi connectivity index (χ4n) is 2.70. The lowest BCUT2D eigenvalue weighted by Gasteiger charge is -2.17. The molecular weight excluding hydrogens is 190 g/mol. The lowest BCUT2D eigenvalue weighted by atomic mass is 10.2. The highest BCUT2D eigenvalue weighted by Crippen LogP contribution is 2.21. The van der Waals surface area contributed by atoms with Crippen LogP contribution in [0.1, 0.15) is 44.9 Å². The Labute approximate surface area is 92.2 Å². The van der Waals surface area contributed by atoms with Gasteiger partial charge in [-0.3, -0.25) is 0 Å². The van der Waals surface area contributed by atoms with E-state index in [2.05, 4.69) is 5.32 Å². The van der Waals surface area contributed by atoms with E-state index in [-0.39, 0.29) is 6.10 Å². The van der Waals surface area contributed by atoms with Crippen molar-refractivity contribution in [3.8, 4) is 0 Å². The third kappa shape index (κ3) is 3.44. The fraction of sp³-hybridized carbons (Fsp3) is 1.00. The summed E-state index contributed by atoms with van der Waals surface area (Å²) in [5.41, 5.74) is 0. The minimum Gasteiger partial charge on any atom is -0.392 e. The van der Waals surface area contributed by atoms with Gasteiger partial charge in [0.25, 0.3) is 0 Å². The van der Waals surface area contributed by atoms with Gasteiger partial charge in [0.05, 0.1) is 18.8 Å². The molecule has 3 heteroatoms. The van der Waals surface area contributed by atoms with Gasteiger partial charge in [-0.1, -0.05) is 12.8 Å². The summed E-state index contributed by atoms with van der Waals surface area (Å²) < 4.78 is 5.75. The van der Waals surface area contributed by atoms with Crippen LogP contribution in [0.5, 0.6) is 0 Å². The lowest BCUT2D eigenvalue weighted by Crippen LogP contribution is -2.37. The van der Waals surface area contributed by atoms with E-state index in [0.717, 1.165) is 32.4 Å². The van der Waals surface area contributed by atoms with Crippen molar-refractivity contribution < 1.29 is 9.84 Å². The number of aliphatic hydroxyl groups is 1. The average Bonchev–Trinajstić information content (AvgIpc) is 2.85. The maximum Gasteiger partial charge on any atom is 0.0693 e. The highest BCUT2D eigenvalue weighted by atomic mass is 16.5. The predicted octanol–water partition coefficient (Wildman–Crippen LogP) is 1.45. The Morgan fingerprint density at radius 2 is 1.87 bits per heavy atom. The smallest absolute Gasteiger partial charge is 0.0693 e. The monoisotopic (exact) mass is 213 g/mol. The Kier molecular flexibility index (Phi) is 4.42. The molecule has 0 unspecified atom stereocenters. The van der Waals surface area contributed by atoms with E-state index >= 15 is 0 Å². The van der Waals surface area contributed by atoms with Crippen LogP contribution in [-0.4, -0.2) is 36.5 Å². The van der Waals surface area contributed by atoms with Crippen LogP contribution in [0.4, 0.5) is 0 Å². The van der Waals surface area contributed by atoms with Crippen LogP contribution in [0.3, 0.4) is 0 Å². The third-order valence-electron chi connectivity index (χ3n) is 3.64. The van der Waals surface area contributed by atoms with Gasteiger partial charge in [0, 0.05) is 12.6 Å². The van der Waals surface area contributed by atoms with Crippen molar-refractivity contribution in [1.82, 2.24) is 5.32 Å². The third-order valence-corrected chi connectivity index (χ3v) is 3.64. The van der Waals surface area contributed by atoms with E-state index in [0.29, 0.717) is 12.1 Å². The van der Waals surface area contributed by atoms with Gasteiger partial charge in [0.1, 0.15) is 0 Å². The summed E-state index contributed by atoms with van der Waals surface area (Å²) in [7, 11) is 0. The van der Waals surface area contributed by atoms with Crippen molar-refractivity contribution in [3.63, 3.8) is 0 Å². The molecule has 15 heavy (non-hydrogen) atoms. The minimum absolute atomic E-state index is 0.128. The van der Waals surface area contributed by atoms with Crippen molar-refractivity contribution in [3.05, 3.63) is 0 Å². The average molecular weight is 213 g/mol. The molecule has 0 bridgehead atoms. The number of aliphatic hydroxyl groups excluding tert-OH is 1. The number of nitrogens with one attached hydrogen (secondary N) is 1.